The molecule has 3 aromatic carbocycles. The van der Waals surface area contributed by atoms with Gasteiger partial charge in [-0.05, 0) is 23.8 Å². The van der Waals surface area contributed by atoms with E-state index in [4.69, 9.17) is 14.2 Å². The molecule has 2 aliphatic rings. The molecule has 3 aromatic rings. The number of amides is 2. The van der Waals surface area contributed by atoms with Gasteiger partial charge in [0.05, 0.1) is 11.3 Å². The van der Waals surface area contributed by atoms with Gasteiger partial charge in [-0.1, -0.05) is 66.7 Å². The van der Waals surface area contributed by atoms with Crippen LogP contribution >= 0.6 is 0 Å². The molecule has 1 fully saturated rings. The second-order valence-corrected chi connectivity index (χ2v) is 11.2. The Morgan fingerprint density at radius 1 is 0.900 bits per heavy atom. The van der Waals surface area contributed by atoms with Gasteiger partial charge in [-0.25, -0.2) is 13.2 Å². The number of benzene rings is 3. The zero-order chi connectivity index (χ0) is 28.3. The van der Waals surface area contributed by atoms with Crippen molar-refractivity contribution in [2.45, 2.75) is 23.5 Å². The van der Waals surface area contributed by atoms with Gasteiger partial charge in [0.2, 0.25) is 5.91 Å². The molecule has 2 aliphatic heterocycles. The number of para-hydroxylation sites is 1. The molecule has 0 saturated carbocycles. The summed E-state index contributed by atoms with van der Waals surface area (Å²) < 4.78 is 42.6. The van der Waals surface area contributed by atoms with Crippen molar-refractivity contribution in [2.75, 3.05) is 13.2 Å². The van der Waals surface area contributed by atoms with E-state index in [-0.39, 0.29) is 5.56 Å². The molecule has 2 amide bonds. The molecule has 11 nitrogen and oxygen atoms in total. The van der Waals surface area contributed by atoms with Crippen molar-refractivity contribution < 1.29 is 41.8 Å². The Hall–Kier alpha value is -4.71. The molecule has 40 heavy (non-hydrogen) atoms. The minimum absolute atomic E-state index is 0.240. The number of rotatable bonds is 10. The van der Waals surface area contributed by atoms with Gasteiger partial charge in [0.1, 0.15) is 18.3 Å². The van der Waals surface area contributed by atoms with Gasteiger partial charge < -0.3 is 24.4 Å². The first-order chi connectivity index (χ1) is 19.2. The number of carbonyl (C=O) groups excluding carboxylic acids is 4. The van der Waals surface area contributed by atoms with Crippen LogP contribution in [0.2, 0.25) is 0 Å². The number of hydrogen-bond acceptors (Lipinski definition) is 9. The maximum atomic E-state index is 13.4. The Morgan fingerprint density at radius 3 is 2.27 bits per heavy atom. The third-order valence-electron chi connectivity index (χ3n) is 6.34. The van der Waals surface area contributed by atoms with Gasteiger partial charge in [-0.3, -0.25) is 14.4 Å². The number of nitrogens with zero attached hydrogens (tertiary/aromatic N) is 1. The van der Waals surface area contributed by atoms with Crippen LogP contribution in [0.5, 0.6) is 5.75 Å². The molecule has 1 saturated heterocycles. The van der Waals surface area contributed by atoms with E-state index < -0.39 is 70.2 Å². The average molecular weight is 565 g/mol. The maximum absolute atomic E-state index is 13.4. The van der Waals surface area contributed by atoms with Crippen LogP contribution in [0.15, 0.2) is 84.9 Å². The minimum Gasteiger partial charge on any atom is -0.484 e. The molecule has 12 heteroatoms. The normalized spacial score (nSPS) is 19.7. The quantitative estimate of drug-likeness (QED) is 0.287. The number of nitrogens with one attached hydrogen (secondary N) is 1. The first kappa shape index (κ1) is 26.9. The van der Waals surface area contributed by atoms with Crippen molar-refractivity contribution in [1.29, 1.82) is 0 Å². The summed E-state index contributed by atoms with van der Waals surface area (Å²) >= 11 is 0. The van der Waals surface area contributed by atoms with E-state index in [1.807, 2.05) is 0 Å². The molecule has 206 valence electrons. The molecule has 0 aliphatic carbocycles. The number of ether oxygens (including phenoxy) is 3. The van der Waals surface area contributed by atoms with E-state index in [2.05, 4.69) is 5.32 Å². The van der Waals surface area contributed by atoms with Crippen LogP contribution in [0.25, 0.3) is 0 Å². The number of hydrogen-bond donors (Lipinski definition) is 1. The van der Waals surface area contributed by atoms with Gasteiger partial charge in [-0.2, -0.15) is 0 Å². The zero-order valence-corrected chi connectivity index (χ0v) is 21.8. The van der Waals surface area contributed by atoms with Gasteiger partial charge in [-0.15, -0.1) is 0 Å². The summed E-state index contributed by atoms with van der Waals surface area (Å²) in [6, 6.07) is 21.7. The van der Waals surface area contributed by atoms with Crippen molar-refractivity contribution in [2.24, 2.45) is 0 Å². The molecule has 2 heterocycles. The predicted octanol–water partition coefficient (Wildman–Crippen LogP) is 1.75. The predicted molar refractivity (Wildman–Crippen MR) is 139 cm³/mol. The van der Waals surface area contributed by atoms with Crippen molar-refractivity contribution >= 4 is 33.6 Å². The van der Waals surface area contributed by atoms with Crippen molar-refractivity contribution in [3.63, 3.8) is 0 Å². The highest BCUT2D eigenvalue weighted by molar-refractivity contribution is 7.91. The lowest BCUT2D eigenvalue weighted by Crippen LogP contribution is -2.74. The van der Waals surface area contributed by atoms with Crippen LogP contribution in [0, 0.1) is 0 Å². The van der Waals surface area contributed by atoms with Gasteiger partial charge >= 0.3 is 11.9 Å². The first-order valence-electron chi connectivity index (χ1n) is 12.3. The number of fused-ring (bicyclic) bond motifs is 1. The van der Waals surface area contributed by atoms with E-state index in [9.17, 15) is 27.6 Å². The third-order valence-corrected chi connectivity index (χ3v) is 8.33. The molecular weight excluding hydrogens is 540 g/mol. The Balaban J connectivity index is 1.29. The van der Waals surface area contributed by atoms with Crippen LogP contribution in [-0.4, -0.2) is 61.6 Å². The van der Waals surface area contributed by atoms with E-state index in [0.29, 0.717) is 16.9 Å². The lowest BCUT2D eigenvalue weighted by molar-refractivity contribution is -0.174. The summed E-state index contributed by atoms with van der Waals surface area (Å²) in [5.41, 5.74) is 1.05. The summed E-state index contributed by atoms with van der Waals surface area (Å²) in [7, 11) is -4.09. The zero-order valence-electron chi connectivity index (χ0n) is 21.0. The number of likely N-dealkylation sites (tertiary alicyclic amines) is 1. The SMILES string of the molecule is O=C(COc1ccccc1)N[C@@H]1C(=O)N(CC(=O)OC2OC(=O)c3ccccc32)[C@@H]1S(=O)(=O)Cc1ccccc1. The highest BCUT2D eigenvalue weighted by atomic mass is 32.2. The lowest BCUT2D eigenvalue weighted by atomic mass is 10.1. The molecule has 5 rings (SSSR count). The van der Waals surface area contributed by atoms with E-state index >= 15 is 0 Å². The minimum atomic E-state index is -4.09. The summed E-state index contributed by atoms with van der Waals surface area (Å²) in [5, 5.41) is 0.882. The standard InChI is InChI=1S/C28H24N2O9S/c31-22(16-37-19-11-5-2-6-12-19)29-24-25(33)30(26(24)40(35,36)17-18-9-3-1-4-10-18)15-23(32)38-28-21-14-8-7-13-20(21)27(34)39-28/h1-14,24,26,28H,15-17H2,(H,29,31)/t24-,26-,28?/m1/s1. The average Bonchev–Trinajstić information content (AvgIpc) is 3.26. The Bertz CT molecular complexity index is 1540. The monoisotopic (exact) mass is 564 g/mol. The van der Waals surface area contributed by atoms with Gasteiger partial charge in [0, 0.05) is 5.56 Å². The number of β-lactam (4-membered cyclic amide) rings is 1. The number of cyclic esters (lactones) is 1. The van der Waals surface area contributed by atoms with E-state index in [1.165, 1.54) is 6.07 Å². The highest BCUT2D eigenvalue weighted by Crippen LogP contribution is 2.32. The van der Waals surface area contributed by atoms with Gasteiger partial charge in [0.15, 0.2) is 21.8 Å². The Labute approximate surface area is 229 Å². The highest BCUT2D eigenvalue weighted by Gasteiger charge is 2.56. The summed E-state index contributed by atoms with van der Waals surface area (Å²) in [4.78, 5) is 51.2. The fourth-order valence-corrected chi connectivity index (χ4v) is 6.49. The van der Waals surface area contributed by atoms with Gasteiger partial charge in [0.25, 0.3) is 12.2 Å². The second kappa shape index (κ2) is 11.2. The molecule has 0 spiro atoms. The molecule has 1 N–H and O–H groups in total. The summed E-state index contributed by atoms with van der Waals surface area (Å²) in [6.07, 6.45) is -1.32. The largest absolute Gasteiger partial charge is 0.484 e. The third kappa shape index (κ3) is 5.66. The number of esters is 2. The number of sulfone groups is 1. The summed E-state index contributed by atoms with van der Waals surface area (Å²) in [5.74, 6) is -3.16. The number of carbonyl (C=O) groups is 4. The van der Waals surface area contributed by atoms with Crippen molar-refractivity contribution in [1.82, 2.24) is 10.2 Å². The Morgan fingerprint density at radius 2 is 1.55 bits per heavy atom. The fraction of sp³-hybridized carbons (Fsp3) is 0.214. The molecule has 1 unspecified atom stereocenters. The van der Waals surface area contributed by atoms with Crippen LogP contribution < -0.4 is 10.1 Å². The van der Waals surface area contributed by atoms with E-state index in [1.54, 1.807) is 78.9 Å². The first-order valence-corrected chi connectivity index (χ1v) is 14.0. The van der Waals surface area contributed by atoms with Crippen molar-refractivity contribution in [3.8, 4) is 5.75 Å². The van der Waals surface area contributed by atoms with Crippen LogP contribution in [0.3, 0.4) is 0 Å². The topological polar surface area (TPSA) is 145 Å². The van der Waals surface area contributed by atoms with E-state index in [0.717, 1.165) is 4.90 Å². The maximum Gasteiger partial charge on any atom is 0.342 e. The van der Waals surface area contributed by atoms with Crippen LogP contribution in [0.4, 0.5) is 0 Å². The molecule has 0 radical (unpaired) electrons. The fourth-order valence-electron chi connectivity index (χ4n) is 4.49. The molecule has 0 bridgehead atoms. The molecular formula is C28H24N2O9S. The lowest BCUT2D eigenvalue weighted by Gasteiger charge is -2.45. The van der Waals surface area contributed by atoms with Crippen LogP contribution in [-0.2, 0) is 39.4 Å². The summed E-state index contributed by atoms with van der Waals surface area (Å²) in [6.45, 7) is -1.19. The molecule has 3 atom stereocenters. The Kier molecular flexibility index (Phi) is 7.52. The smallest absolute Gasteiger partial charge is 0.342 e. The second-order valence-electron chi connectivity index (χ2n) is 9.11. The van der Waals surface area contributed by atoms with Crippen molar-refractivity contribution in [3.05, 3.63) is 102 Å². The van der Waals surface area contributed by atoms with Crippen LogP contribution in [0.1, 0.15) is 27.8 Å². The molecule has 0 aromatic heterocycles.